The lowest BCUT2D eigenvalue weighted by Gasteiger charge is -2.40. The highest BCUT2D eigenvalue weighted by Crippen LogP contribution is 2.16. The third-order valence-electron chi connectivity index (χ3n) is 8.27. The van der Waals surface area contributed by atoms with Gasteiger partial charge in [0, 0.05) is 0 Å². The number of hydrogen-bond donors (Lipinski definition) is 0. The van der Waals surface area contributed by atoms with Crippen LogP contribution in [0, 0.1) is 0 Å². The Bertz CT molecular complexity index is 849. The van der Waals surface area contributed by atoms with Crippen LogP contribution in [0.2, 0.25) is 0 Å². The van der Waals surface area contributed by atoms with E-state index in [1.165, 1.54) is 98.4 Å². The molecule has 0 aliphatic carbocycles. The fourth-order valence-corrected chi connectivity index (χ4v) is 5.90. The highest BCUT2D eigenvalue weighted by Gasteiger charge is 2.26. The molecule has 0 atom stereocenters. The summed E-state index contributed by atoms with van der Waals surface area (Å²) in [7, 11) is 0. The van der Waals surface area contributed by atoms with Crippen LogP contribution in [0.15, 0.2) is 104 Å². The molecule has 0 N–H and O–H groups in total. The van der Waals surface area contributed by atoms with Crippen molar-refractivity contribution in [2.75, 3.05) is 26.2 Å². The summed E-state index contributed by atoms with van der Waals surface area (Å²) in [6.07, 6.45) is 9.93. The van der Waals surface area contributed by atoms with E-state index < -0.39 is 6.15 Å². The van der Waals surface area contributed by atoms with Crippen molar-refractivity contribution in [1.82, 2.24) is 0 Å². The number of hydrogen-bond acceptors (Lipinski definition) is 0. The largest absolute Gasteiger partial charge is 0.324 e. The van der Waals surface area contributed by atoms with Gasteiger partial charge in [0.2, 0.25) is 0 Å². The molecule has 0 saturated carbocycles. The quantitative estimate of drug-likeness (QED) is 0.136. The van der Waals surface area contributed by atoms with Crippen LogP contribution < -0.4 is 16.4 Å². The normalized spacial score (nSPS) is 11.5. The molecule has 0 aromatic heterocycles. The molecular formula is C36H54BN. The van der Waals surface area contributed by atoms with Crippen molar-refractivity contribution in [3.05, 3.63) is 104 Å². The zero-order valence-corrected chi connectivity index (χ0v) is 25.0. The molecule has 0 unspecified atom stereocenters. The van der Waals surface area contributed by atoms with E-state index in [-0.39, 0.29) is 0 Å². The SMILES string of the molecule is C=C[B-](c1ccccc1)(c1ccccc1)c1ccccc1.CCCC[N+](CCCC)(CCCC)CCCC. The Labute approximate surface area is 235 Å². The Morgan fingerprint density at radius 2 is 0.763 bits per heavy atom. The molecule has 0 aliphatic rings. The van der Waals surface area contributed by atoms with E-state index in [0.29, 0.717) is 0 Å². The number of quaternary nitrogens is 1. The monoisotopic (exact) mass is 511 g/mol. The average Bonchev–Trinajstić information content (AvgIpc) is 2.99. The van der Waals surface area contributed by atoms with Crippen LogP contribution in [0.3, 0.4) is 0 Å². The van der Waals surface area contributed by atoms with Crippen molar-refractivity contribution in [1.29, 1.82) is 0 Å². The van der Waals surface area contributed by atoms with Gasteiger partial charge in [-0.2, -0.15) is 16.4 Å². The minimum absolute atomic E-state index is 1.13. The van der Waals surface area contributed by atoms with Gasteiger partial charge in [0.1, 0.15) is 0 Å². The van der Waals surface area contributed by atoms with E-state index in [0.717, 1.165) is 0 Å². The standard InChI is InChI=1S/C20H18B.C16H36N/c1-2-21(18-12-6-3-7-13-18,19-14-8-4-9-15-19)20-16-10-5-11-17-20;1-5-9-13-17(14-10-6-2,15-11-7-3)16-12-8-4/h2-17H,1H2;5-16H2,1-4H3/q-1;+1. The Balaban J connectivity index is 0.000000275. The Morgan fingerprint density at radius 3 is 0.974 bits per heavy atom. The predicted molar refractivity (Wildman–Crippen MR) is 174 cm³/mol. The summed E-state index contributed by atoms with van der Waals surface area (Å²) < 4.78 is 1.42. The maximum Gasteiger partial charge on any atom is 0.0998 e. The van der Waals surface area contributed by atoms with Crippen molar-refractivity contribution in [2.24, 2.45) is 0 Å². The smallest absolute Gasteiger partial charge is 0.0998 e. The lowest BCUT2D eigenvalue weighted by Crippen LogP contribution is -2.65. The summed E-state index contributed by atoms with van der Waals surface area (Å²) in [6.45, 7) is 19.2. The van der Waals surface area contributed by atoms with E-state index in [9.17, 15) is 0 Å². The zero-order valence-electron chi connectivity index (χ0n) is 25.0. The fraction of sp³-hybridized carbons (Fsp3) is 0.444. The Morgan fingerprint density at radius 1 is 0.500 bits per heavy atom. The van der Waals surface area contributed by atoms with E-state index in [4.69, 9.17) is 0 Å². The second kappa shape index (κ2) is 17.8. The van der Waals surface area contributed by atoms with E-state index in [1.54, 1.807) is 0 Å². The highest BCUT2D eigenvalue weighted by molar-refractivity contribution is 7.14. The molecule has 206 valence electrons. The minimum Gasteiger partial charge on any atom is -0.324 e. The molecule has 0 aliphatic heterocycles. The summed E-state index contributed by atoms with van der Waals surface area (Å²) in [6, 6.07) is 31.9. The van der Waals surface area contributed by atoms with Crippen molar-refractivity contribution in [3.63, 3.8) is 0 Å². The van der Waals surface area contributed by atoms with Crippen LogP contribution in [-0.4, -0.2) is 36.8 Å². The summed E-state index contributed by atoms with van der Waals surface area (Å²) in [4.78, 5) is 0. The number of unbranched alkanes of at least 4 members (excludes halogenated alkanes) is 4. The molecule has 0 saturated heterocycles. The van der Waals surface area contributed by atoms with Gasteiger partial charge in [-0.05, 0) is 25.7 Å². The van der Waals surface area contributed by atoms with E-state index in [2.05, 4.69) is 131 Å². The first-order valence-electron chi connectivity index (χ1n) is 15.4. The van der Waals surface area contributed by atoms with Gasteiger partial charge in [-0.25, -0.2) is 5.98 Å². The predicted octanol–water partition coefficient (Wildman–Crippen LogP) is 7.89. The molecule has 3 rings (SSSR count). The van der Waals surface area contributed by atoms with Gasteiger partial charge in [-0.15, -0.1) is 6.58 Å². The van der Waals surface area contributed by atoms with Crippen LogP contribution in [0.25, 0.3) is 0 Å². The summed E-state index contributed by atoms with van der Waals surface area (Å²) in [5, 5.41) is 0. The van der Waals surface area contributed by atoms with Gasteiger partial charge in [0.05, 0.1) is 32.3 Å². The number of benzene rings is 3. The summed E-state index contributed by atoms with van der Waals surface area (Å²) in [5.74, 6) is 2.11. The molecule has 0 spiro atoms. The van der Waals surface area contributed by atoms with Gasteiger partial charge in [-0.1, -0.05) is 144 Å². The fourth-order valence-electron chi connectivity index (χ4n) is 5.90. The zero-order chi connectivity index (χ0) is 27.5. The van der Waals surface area contributed by atoms with Crippen LogP contribution in [0.4, 0.5) is 0 Å². The Hall–Kier alpha value is -2.58. The minimum atomic E-state index is -1.13. The highest BCUT2D eigenvalue weighted by atomic mass is 15.3. The lowest BCUT2D eigenvalue weighted by molar-refractivity contribution is -0.929. The Kier molecular flexibility index (Phi) is 14.9. The molecule has 0 radical (unpaired) electrons. The van der Waals surface area contributed by atoms with Crippen LogP contribution in [0.1, 0.15) is 79.1 Å². The number of rotatable bonds is 16. The topological polar surface area (TPSA) is 0 Å². The molecule has 0 amide bonds. The van der Waals surface area contributed by atoms with Crippen LogP contribution in [0.5, 0.6) is 0 Å². The first-order valence-corrected chi connectivity index (χ1v) is 15.4. The molecule has 0 fully saturated rings. The van der Waals surface area contributed by atoms with E-state index in [1.807, 2.05) is 0 Å². The molecule has 1 nitrogen and oxygen atoms in total. The third kappa shape index (κ3) is 9.02. The average molecular weight is 512 g/mol. The van der Waals surface area contributed by atoms with Gasteiger partial charge in [-0.3, -0.25) is 0 Å². The van der Waals surface area contributed by atoms with Gasteiger partial charge in [0.15, 0.2) is 0 Å². The second-order valence-electron chi connectivity index (χ2n) is 11.1. The number of nitrogens with zero attached hydrogens (tertiary/aromatic N) is 1. The third-order valence-corrected chi connectivity index (χ3v) is 8.27. The van der Waals surface area contributed by atoms with Crippen molar-refractivity contribution in [2.45, 2.75) is 79.1 Å². The van der Waals surface area contributed by atoms with Gasteiger partial charge < -0.3 is 4.48 Å². The maximum absolute atomic E-state index is 4.19. The van der Waals surface area contributed by atoms with Crippen LogP contribution in [-0.2, 0) is 0 Å². The molecule has 0 heterocycles. The second-order valence-corrected chi connectivity index (χ2v) is 11.1. The molecule has 0 bridgehead atoms. The van der Waals surface area contributed by atoms with Crippen molar-refractivity contribution in [3.8, 4) is 0 Å². The van der Waals surface area contributed by atoms with Crippen molar-refractivity contribution >= 4 is 22.5 Å². The summed E-state index contributed by atoms with van der Waals surface area (Å²) >= 11 is 0. The van der Waals surface area contributed by atoms with Gasteiger partial charge >= 0.3 is 0 Å². The summed E-state index contributed by atoms with van der Waals surface area (Å²) in [5.41, 5.74) is 3.89. The van der Waals surface area contributed by atoms with Crippen LogP contribution >= 0.6 is 0 Å². The lowest BCUT2D eigenvalue weighted by atomic mass is 9.16. The van der Waals surface area contributed by atoms with E-state index >= 15 is 0 Å². The molecule has 3 aromatic carbocycles. The maximum atomic E-state index is 4.19. The molecule has 2 heteroatoms. The first-order chi connectivity index (χ1) is 18.6. The molecule has 3 aromatic rings. The molecule has 38 heavy (non-hydrogen) atoms. The molecular weight excluding hydrogens is 457 g/mol. The van der Waals surface area contributed by atoms with Crippen molar-refractivity contribution < 1.29 is 4.48 Å². The van der Waals surface area contributed by atoms with Gasteiger partial charge in [0.25, 0.3) is 0 Å². The first kappa shape index (κ1) is 31.6.